The highest BCUT2D eigenvalue weighted by molar-refractivity contribution is 6.00. The SMILES string of the molecule is COC(=O)CCn1c(C)cc(C(=O)COC(=O)c2ccc(C)c(OC)c2)c1C. The number of nitrogens with zero attached hydrogens (tertiary/aromatic N) is 1. The van der Waals surface area contributed by atoms with Gasteiger partial charge in [-0.3, -0.25) is 9.59 Å². The molecule has 1 aromatic heterocycles. The second-order valence-corrected chi connectivity index (χ2v) is 6.45. The van der Waals surface area contributed by atoms with Crippen LogP contribution < -0.4 is 4.74 Å². The van der Waals surface area contributed by atoms with Crippen LogP contribution in [0.4, 0.5) is 0 Å². The summed E-state index contributed by atoms with van der Waals surface area (Å²) in [5, 5.41) is 0. The molecule has 0 radical (unpaired) electrons. The van der Waals surface area contributed by atoms with Gasteiger partial charge in [0, 0.05) is 23.5 Å². The minimum atomic E-state index is -0.592. The van der Waals surface area contributed by atoms with Gasteiger partial charge in [-0.15, -0.1) is 0 Å². The maximum Gasteiger partial charge on any atom is 0.338 e. The summed E-state index contributed by atoms with van der Waals surface area (Å²) in [6, 6.07) is 6.70. The zero-order valence-electron chi connectivity index (χ0n) is 16.8. The molecular formula is C21H25NO6. The number of Topliss-reactive ketones (excluding diaryl/α,β-unsaturated/α-hetero) is 1. The van der Waals surface area contributed by atoms with Gasteiger partial charge in [-0.1, -0.05) is 6.07 Å². The molecule has 0 fully saturated rings. The van der Waals surface area contributed by atoms with Gasteiger partial charge in [0.1, 0.15) is 5.75 Å². The number of benzene rings is 1. The number of aromatic nitrogens is 1. The Morgan fingerprint density at radius 2 is 1.75 bits per heavy atom. The molecule has 7 nitrogen and oxygen atoms in total. The summed E-state index contributed by atoms with van der Waals surface area (Å²) in [4.78, 5) is 36.1. The molecule has 0 saturated heterocycles. The monoisotopic (exact) mass is 387 g/mol. The molecule has 0 amide bonds. The molecule has 0 aliphatic carbocycles. The third kappa shape index (κ3) is 4.79. The minimum Gasteiger partial charge on any atom is -0.496 e. The Bertz CT molecular complexity index is 897. The third-order valence-corrected chi connectivity index (χ3v) is 4.62. The fourth-order valence-electron chi connectivity index (χ4n) is 2.97. The Morgan fingerprint density at radius 1 is 1.04 bits per heavy atom. The van der Waals surface area contributed by atoms with Crippen molar-refractivity contribution in [3.63, 3.8) is 0 Å². The molecule has 0 atom stereocenters. The molecule has 0 saturated carbocycles. The lowest BCUT2D eigenvalue weighted by atomic mass is 10.1. The molecule has 0 unspecified atom stereocenters. The highest BCUT2D eigenvalue weighted by atomic mass is 16.5. The first kappa shape index (κ1) is 21.2. The number of hydrogen-bond acceptors (Lipinski definition) is 6. The molecule has 2 rings (SSSR count). The van der Waals surface area contributed by atoms with E-state index in [4.69, 9.17) is 9.47 Å². The molecule has 0 bridgehead atoms. The number of hydrogen-bond donors (Lipinski definition) is 0. The summed E-state index contributed by atoms with van der Waals surface area (Å²) in [6.45, 7) is 5.57. The van der Waals surface area contributed by atoms with Crippen molar-refractivity contribution in [2.45, 2.75) is 33.7 Å². The Balaban J connectivity index is 2.05. The van der Waals surface area contributed by atoms with Crippen molar-refractivity contribution in [2.75, 3.05) is 20.8 Å². The van der Waals surface area contributed by atoms with Crippen molar-refractivity contribution in [3.05, 3.63) is 52.3 Å². The number of methoxy groups -OCH3 is 2. The highest BCUT2D eigenvalue weighted by Crippen LogP contribution is 2.20. The molecule has 28 heavy (non-hydrogen) atoms. The normalized spacial score (nSPS) is 10.5. The number of rotatable bonds is 8. The molecule has 1 heterocycles. The standard InChI is InChI=1S/C21H25NO6/c1-13-6-7-16(11-19(13)26-4)21(25)28-12-18(23)17-10-14(2)22(15(17)3)9-8-20(24)27-5/h6-7,10-11H,8-9,12H2,1-5H3. The number of aryl methyl sites for hydroxylation is 2. The predicted molar refractivity (Wildman–Crippen MR) is 103 cm³/mol. The van der Waals surface area contributed by atoms with Crippen LogP contribution in [0, 0.1) is 20.8 Å². The highest BCUT2D eigenvalue weighted by Gasteiger charge is 2.19. The van der Waals surface area contributed by atoms with Gasteiger partial charge in [-0.25, -0.2) is 4.79 Å². The van der Waals surface area contributed by atoms with E-state index < -0.39 is 5.97 Å². The Hall–Kier alpha value is -3.09. The van der Waals surface area contributed by atoms with Gasteiger partial charge < -0.3 is 18.8 Å². The zero-order chi connectivity index (χ0) is 20.8. The van der Waals surface area contributed by atoms with Crippen LogP contribution in [-0.2, 0) is 20.8 Å². The van der Waals surface area contributed by atoms with E-state index in [2.05, 4.69) is 4.74 Å². The van der Waals surface area contributed by atoms with Gasteiger partial charge >= 0.3 is 11.9 Å². The molecule has 0 aliphatic heterocycles. The van der Waals surface area contributed by atoms with Gasteiger partial charge in [-0.2, -0.15) is 0 Å². The molecule has 150 valence electrons. The lowest BCUT2D eigenvalue weighted by molar-refractivity contribution is -0.140. The van der Waals surface area contributed by atoms with E-state index in [9.17, 15) is 14.4 Å². The van der Waals surface area contributed by atoms with Crippen molar-refractivity contribution in [1.82, 2.24) is 4.57 Å². The van der Waals surface area contributed by atoms with Gasteiger partial charge in [0.2, 0.25) is 5.78 Å². The van der Waals surface area contributed by atoms with Crippen LogP contribution in [0.25, 0.3) is 0 Å². The van der Waals surface area contributed by atoms with Crippen LogP contribution >= 0.6 is 0 Å². The van der Waals surface area contributed by atoms with Gasteiger partial charge in [-0.05, 0) is 44.5 Å². The van der Waals surface area contributed by atoms with Crippen LogP contribution in [0.1, 0.15) is 44.1 Å². The molecule has 2 aromatic rings. The van der Waals surface area contributed by atoms with Crippen LogP contribution in [0.2, 0.25) is 0 Å². The molecular weight excluding hydrogens is 362 g/mol. The molecule has 7 heteroatoms. The lowest BCUT2D eigenvalue weighted by Gasteiger charge is -2.09. The number of carbonyl (C=O) groups excluding carboxylic acids is 3. The smallest absolute Gasteiger partial charge is 0.338 e. The molecule has 0 N–H and O–H groups in total. The van der Waals surface area contributed by atoms with Crippen LogP contribution in [-0.4, -0.2) is 43.1 Å². The van der Waals surface area contributed by atoms with E-state index in [-0.39, 0.29) is 24.8 Å². The number of ketones is 1. The number of carbonyl (C=O) groups is 3. The zero-order valence-corrected chi connectivity index (χ0v) is 16.8. The number of esters is 2. The van der Waals surface area contributed by atoms with E-state index in [0.29, 0.717) is 23.4 Å². The minimum absolute atomic E-state index is 0.213. The first-order valence-electron chi connectivity index (χ1n) is 8.87. The largest absolute Gasteiger partial charge is 0.496 e. The van der Waals surface area contributed by atoms with Crippen LogP contribution in [0.3, 0.4) is 0 Å². The van der Waals surface area contributed by atoms with Crippen molar-refractivity contribution < 1.29 is 28.6 Å². The van der Waals surface area contributed by atoms with E-state index in [0.717, 1.165) is 17.0 Å². The second-order valence-electron chi connectivity index (χ2n) is 6.45. The third-order valence-electron chi connectivity index (χ3n) is 4.62. The Kier molecular flexibility index (Phi) is 6.98. The van der Waals surface area contributed by atoms with Crippen molar-refractivity contribution in [3.8, 4) is 5.75 Å². The average Bonchev–Trinajstić information content (AvgIpc) is 2.97. The molecule has 0 aliphatic rings. The predicted octanol–water partition coefficient (Wildman–Crippen LogP) is 3.02. The van der Waals surface area contributed by atoms with Gasteiger partial charge in [0.05, 0.1) is 26.2 Å². The van der Waals surface area contributed by atoms with Crippen LogP contribution in [0.5, 0.6) is 5.75 Å². The Labute approximate surface area is 164 Å². The maximum atomic E-state index is 12.5. The first-order valence-corrected chi connectivity index (χ1v) is 8.87. The van der Waals surface area contributed by atoms with Crippen molar-refractivity contribution >= 4 is 17.7 Å². The fraction of sp³-hybridized carbons (Fsp3) is 0.381. The topological polar surface area (TPSA) is 83.8 Å². The van der Waals surface area contributed by atoms with Gasteiger partial charge in [0.15, 0.2) is 6.61 Å². The summed E-state index contributed by atoms with van der Waals surface area (Å²) in [7, 11) is 2.86. The van der Waals surface area contributed by atoms with Crippen molar-refractivity contribution in [1.29, 1.82) is 0 Å². The van der Waals surface area contributed by atoms with Crippen molar-refractivity contribution in [2.24, 2.45) is 0 Å². The van der Waals surface area contributed by atoms with E-state index >= 15 is 0 Å². The second kappa shape index (κ2) is 9.21. The summed E-state index contributed by atoms with van der Waals surface area (Å²) >= 11 is 0. The van der Waals surface area contributed by atoms with E-state index in [1.54, 1.807) is 31.2 Å². The summed E-state index contributed by atoms with van der Waals surface area (Å²) in [5.41, 5.74) is 3.25. The summed E-state index contributed by atoms with van der Waals surface area (Å²) < 4.78 is 16.9. The maximum absolute atomic E-state index is 12.5. The van der Waals surface area contributed by atoms with E-state index in [1.165, 1.54) is 14.2 Å². The quantitative estimate of drug-likeness (QED) is 0.511. The number of ether oxygens (including phenoxy) is 3. The van der Waals surface area contributed by atoms with Gasteiger partial charge in [0.25, 0.3) is 0 Å². The lowest BCUT2D eigenvalue weighted by Crippen LogP contribution is -2.15. The molecule has 1 aromatic carbocycles. The molecule has 0 spiro atoms. The van der Waals surface area contributed by atoms with Crippen LogP contribution in [0.15, 0.2) is 24.3 Å². The Morgan fingerprint density at radius 3 is 2.39 bits per heavy atom. The summed E-state index contributed by atoms with van der Waals surface area (Å²) in [5.74, 6) is -0.631. The first-order chi connectivity index (χ1) is 13.3. The van der Waals surface area contributed by atoms with E-state index in [1.807, 2.05) is 18.4 Å². The fourth-order valence-corrected chi connectivity index (χ4v) is 2.97. The average molecular weight is 387 g/mol. The summed E-state index contributed by atoms with van der Waals surface area (Å²) in [6.07, 6.45) is 0.213.